The molecule has 190 valence electrons. The molecule has 0 saturated carbocycles. The molecule has 0 amide bonds. The van der Waals surface area contributed by atoms with Gasteiger partial charge in [0.2, 0.25) is 6.79 Å². The molecule has 4 aromatic rings. The topological polar surface area (TPSA) is 96.0 Å². The minimum Gasteiger partial charge on any atom is -0.457 e. The molecule has 0 N–H and O–H groups in total. The maximum atomic E-state index is 13.4. The summed E-state index contributed by atoms with van der Waals surface area (Å²) in [4.78, 5) is 26.5. The van der Waals surface area contributed by atoms with Gasteiger partial charge in [-0.25, -0.2) is 0 Å². The highest BCUT2D eigenvalue weighted by Crippen LogP contribution is 2.29. The van der Waals surface area contributed by atoms with Crippen LogP contribution in [0.3, 0.4) is 0 Å². The molecule has 4 aromatic carbocycles. The van der Waals surface area contributed by atoms with E-state index in [2.05, 4.69) is 0 Å². The fourth-order valence-electron chi connectivity index (χ4n) is 3.72. The van der Waals surface area contributed by atoms with Crippen LogP contribution >= 0.6 is 0 Å². The number of ether oxygens (including phenoxy) is 2. The molecule has 0 heterocycles. The number of carbonyl (C=O) groups excluding carboxylic acids is 2. The van der Waals surface area contributed by atoms with Crippen LogP contribution in [0.25, 0.3) is 10.8 Å². The molecule has 0 aliphatic rings. The molecular weight excluding hydrogens is 492 g/mol. The van der Waals surface area contributed by atoms with Gasteiger partial charge in [-0.2, -0.15) is 8.42 Å². The molecule has 0 aliphatic carbocycles. The van der Waals surface area contributed by atoms with Crippen LogP contribution < -0.4 is 4.74 Å². The number of ketones is 1. The Balaban J connectivity index is 1.53. The Kier molecular flexibility index (Phi) is 7.71. The lowest BCUT2D eigenvalue weighted by molar-refractivity contribution is -0.160. The average molecular weight is 519 g/mol. The molecule has 0 fully saturated rings. The fourth-order valence-corrected chi connectivity index (χ4v) is 4.72. The predicted octanol–water partition coefficient (Wildman–Crippen LogP) is 5.32. The van der Waals surface area contributed by atoms with Crippen LogP contribution in [0.15, 0.2) is 102 Å². The zero-order valence-corrected chi connectivity index (χ0v) is 21.2. The lowest BCUT2D eigenvalue weighted by Crippen LogP contribution is -2.43. The van der Waals surface area contributed by atoms with Gasteiger partial charge in [-0.1, -0.05) is 84.4 Å². The van der Waals surface area contributed by atoms with Gasteiger partial charge in [-0.15, -0.1) is 0 Å². The van der Waals surface area contributed by atoms with Gasteiger partial charge in [0.25, 0.3) is 10.1 Å². The molecule has 0 saturated heterocycles. The van der Waals surface area contributed by atoms with Crippen molar-refractivity contribution in [3.63, 3.8) is 0 Å². The third-order valence-electron chi connectivity index (χ3n) is 5.95. The summed E-state index contributed by atoms with van der Waals surface area (Å²) >= 11 is 0. The van der Waals surface area contributed by atoms with E-state index in [1.54, 1.807) is 36.4 Å². The maximum absolute atomic E-state index is 13.4. The summed E-state index contributed by atoms with van der Waals surface area (Å²) in [6, 6.07) is 27.2. The molecule has 0 aromatic heterocycles. The molecule has 0 radical (unpaired) electrons. The molecule has 8 heteroatoms. The van der Waals surface area contributed by atoms with Gasteiger partial charge in [0.1, 0.15) is 5.75 Å². The van der Waals surface area contributed by atoms with Crippen LogP contribution in [0.2, 0.25) is 0 Å². The first-order valence-corrected chi connectivity index (χ1v) is 13.0. The van der Waals surface area contributed by atoms with Crippen LogP contribution in [0.4, 0.5) is 0 Å². The number of hydrogen-bond donors (Lipinski definition) is 0. The molecule has 37 heavy (non-hydrogen) atoms. The first-order chi connectivity index (χ1) is 17.7. The Labute approximate surface area is 215 Å². The van der Waals surface area contributed by atoms with Crippen molar-refractivity contribution >= 4 is 32.6 Å². The van der Waals surface area contributed by atoms with Crippen molar-refractivity contribution in [2.24, 2.45) is 5.41 Å². The van der Waals surface area contributed by atoms with Gasteiger partial charge in [-0.05, 0) is 37.4 Å². The van der Waals surface area contributed by atoms with Crippen LogP contribution in [-0.4, -0.2) is 33.6 Å². The Bertz CT molecular complexity index is 1510. The lowest BCUT2D eigenvalue weighted by atomic mass is 9.83. The highest BCUT2D eigenvalue weighted by atomic mass is 32.2. The number of rotatable bonds is 10. The minimum absolute atomic E-state index is 0.0831. The summed E-state index contributed by atoms with van der Waals surface area (Å²) < 4.78 is 41.8. The summed E-state index contributed by atoms with van der Waals surface area (Å²) in [7, 11) is -4.24. The van der Waals surface area contributed by atoms with E-state index in [1.165, 1.54) is 31.2 Å². The quantitative estimate of drug-likeness (QED) is 0.0921. The largest absolute Gasteiger partial charge is 0.457 e. The maximum Gasteiger partial charge on any atom is 0.325 e. The second kappa shape index (κ2) is 10.9. The van der Waals surface area contributed by atoms with Gasteiger partial charge >= 0.3 is 5.97 Å². The summed E-state index contributed by atoms with van der Waals surface area (Å²) in [5.74, 6) is -1.11. The number of esters is 1. The number of hydrogen-bond acceptors (Lipinski definition) is 7. The second-order valence-electron chi connectivity index (χ2n) is 8.73. The van der Waals surface area contributed by atoms with Crippen molar-refractivity contribution in [3.8, 4) is 5.75 Å². The van der Waals surface area contributed by atoms with Gasteiger partial charge in [0.15, 0.2) is 11.2 Å². The normalized spacial score (nSPS) is 13.0. The third kappa shape index (κ3) is 5.87. The van der Waals surface area contributed by atoms with E-state index in [-0.39, 0.29) is 10.5 Å². The standard InChI is InChI=1S/C29H26O7S/c1-21-15-17-24(18-16-21)37(32,33)36-19-29(2,27(30)23-10-4-3-5-11-23)28(31)35-20-34-26-14-8-12-22-9-6-7-13-25(22)26/h3-18H,19-20H2,1-2H3. The zero-order valence-electron chi connectivity index (χ0n) is 20.4. The third-order valence-corrected chi connectivity index (χ3v) is 7.23. The van der Waals surface area contributed by atoms with E-state index in [9.17, 15) is 18.0 Å². The first kappa shape index (κ1) is 26.1. The van der Waals surface area contributed by atoms with Crippen molar-refractivity contribution in [2.75, 3.05) is 13.4 Å². The van der Waals surface area contributed by atoms with Gasteiger partial charge in [0, 0.05) is 10.9 Å². The SMILES string of the molecule is Cc1ccc(S(=O)(=O)OCC(C)(C(=O)OCOc2cccc3ccccc23)C(=O)c2ccccc2)cc1. The highest BCUT2D eigenvalue weighted by molar-refractivity contribution is 7.86. The van der Waals surface area contributed by atoms with Crippen LogP contribution in [0, 0.1) is 12.3 Å². The van der Waals surface area contributed by atoms with Crippen molar-refractivity contribution in [1.82, 2.24) is 0 Å². The molecule has 7 nitrogen and oxygen atoms in total. The first-order valence-electron chi connectivity index (χ1n) is 11.5. The Morgan fingerprint density at radius 3 is 2.19 bits per heavy atom. The van der Waals surface area contributed by atoms with Crippen molar-refractivity contribution < 1.29 is 31.7 Å². The molecular formula is C29H26O7S. The van der Waals surface area contributed by atoms with Crippen molar-refractivity contribution in [2.45, 2.75) is 18.7 Å². The number of carbonyl (C=O) groups is 2. The number of benzene rings is 4. The molecule has 0 aliphatic heterocycles. The summed E-state index contributed by atoms with van der Waals surface area (Å²) in [6.07, 6.45) is 0. The summed E-state index contributed by atoms with van der Waals surface area (Å²) in [6.45, 7) is 1.90. The Morgan fingerprint density at radius 1 is 0.811 bits per heavy atom. The van der Waals surface area contributed by atoms with Crippen LogP contribution in [-0.2, 0) is 23.8 Å². The molecule has 1 atom stereocenters. The van der Waals surface area contributed by atoms with E-state index >= 15 is 0 Å². The molecule has 0 bridgehead atoms. The molecule has 1 unspecified atom stereocenters. The monoisotopic (exact) mass is 518 g/mol. The number of Topliss-reactive ketones (excluding diaryl/α,β-unsaturated/α-hetero) is 1. The second-order valence-corrected chi connectivity index (χ2v) is 10.3. The van der Waals surface area contributed by atoms with Gasteiger partial charge < -0.3 is 9.47 Å². The highest BCUT2D eigenvalue weighted by Gasteiger charge is 2.45. The van der Waals surface area contributed by atoms with E-state index < -0.39 is 40.7 Å². The molecule has 0 spiro atoms. The van der Waals surface area contributed by atoms with Crippen molar-refractivity contribution in [1.29, 1.82) is 0 Å². The zero-order chi connectivity index (χ0) is 26.5. The summed E-state index contributed by atoms with van der Waals surface area (Å²) in [5.41, 5.74) is -0.868. The van der Waals surface area contributed by atoms with E-state index in [0.717, 1.165) is 16.3 Å². The lowest BCUT2D eigenvalue weighted by Gasteiger charge is -2.25. The number of fused-ring (bicyclic) bond motifs is 1. The summed E-state index contributed by atoms with van der Waals surface area (Å²) in [5, 5.41) is 1.78. The Hall–Kier alpha value is -4.01. The predicted molar refractivity (Wildman–Crippen MR) is 139 cm³/mol. The molecule has 4 rings (SSSR count). The van der Waals surface area contributed by atoms with Crippen molar-refractivity contribution in [3.05, 3.63) is 108 Å². The van der Waals surface area contributed by atoms with E-state index in [0.29, 0.717) is 5.75 Å². The van der Waals surface area contributed by atoms with Crippen LogP contribution in [0.1, 0.15) is 22.8 Å². The van der Waals surface area contributed by atoms with E-state index in [1.807, 2.05) is 43.3 Å². The number of aryl methyl sites for hydroxylation is 1. The van der Waals surface area contributed by atoms with Gasteiger partial charge in [0.05, 0.1) is 11.5 Å². The van der Waals surface area contributed by atoms with Gasteiger partial charge in [-0.3, -0.25) is 13.8 Å². The average Bonchev–Trinajstić information content (AvgIpc) is 2.92. The minimum atomic E-state index is -4.24. The fraction of sp³-hybridized carbons (Fsp3) is 0.172. The van der Waals surface area contributed by atoms with Crippen LogP contribution in [0.5, 0.6) is 5.75 Å². The van der Waals surface area contributed by atoms with E-state index in [4.69, 9.17) is 13.7 Å². The Morgan fingerprint density at radius 2 is 1.46 bits per heavy atom. The smallest absolute Gasteiger partial charge is 0.325 e.